The lowest BCUT2D eigenvalue weighted by Crippen LogP contribution is -2.23. The lowest BCUT2D eigenvalue weighted by Gasteiger charge is -2.09. The van der Waals surface area contributed by atoms with Crippen molar-refractivity contribution in [1.82, 2.24) is 15.5 Å². The van der Waals surface area contributed by atoms with E-state index in [4.69, 9.17) is 9.26 Å². The van der Waals surface area contributed by atoms with Crippen LogP contribution in [0.15, 0.2) is 53.1 Å². The standard InChI is InChI=1S/C18H16FN3O3/c1-2-24-15-10-6-4-8-13(15)18(23)20-11-16-21-17(22-25-16)12-7-3-5-9-14(12)19/h3-10H,2,11H2,1H3,(H,20,23). The highest BCUT2D eigenvalue weighted by Gasteiger charge is 2.15. The number of nitrogens with zero attached hydrogens (tertiary/aromatic N) is 2. The van der Waals surface area contributed by atoms with Crippen molar-refractivity contribution in [2.45, 2.75) is 13.5 Å². The molecule has 0 spiro atoms. The molecule has 1 N–H and O–H groups in total. The number of halogens is 1. The Bertz CT molecular complexity index is 879. The van der Waals surface area contributed by atoms with Crippen molar-refractivity contribution >= 4 is 5.91 Å². The number of hydrogen-bond donors (Lipinski definition) is 1. The monoisotopic (exact) mass is 341 g/mol. The molecule has 25 heavy (non-hydrogen) atoms. The van der Waals surface area contributed by atoms with Crippen molar-refractivity contribution < 1.29 is 18.4 Å². The van der Waals surface area contributed by atoms with Gasteiger partial charge in [0.25, 0.3) is 5.91 Å². The first-order chi connectivity index (χ1) is 12.2. The Kier molecular flexibility index (Phi) is 5.03. The Morgan fingerprint density at radius 1 is 1.20 bits per heavy atom. The Morgan fingerprint density at radius 2 is 1.96 bits per heavy atom. The number of carbonyl (C=O) groups is 1. The van der Waals surface area contributed by atoms with E-state index >= 15 is 0 Å². The molecule has 0 saturated heterocycles. The number of amides is 1. The first-order valence-corrected chi connectivity index (χ1v) is 7.76. The van der Waals surface area contributed by atoms with Crippen LogP contribution in [0.5, 0.6) is 5.75 Å². The van der Waals surface area contributed by atoms with E-state index in [1.54, 1.807) is 42.5 Å². The van der Waals surface area contributed by atoms with E-state index in [0.29, 0.717) is 17.9 Å². The summed E-state index contributed by atoms with van der Waals surface area (Å²) in [4.78, 5) is 16.4. The molecule has 1 aromatic heterocycles. The molecule has 6 nitrogen and oxygen atoms in total. The molecule has 7 heteroatoms. The van der Waals surface area contributed by atoms with Crippen LogP contribution in [0.1, 0.15) is 23.2 Å². The van der Waals surface area contributed by atoms with Crippen molar-refractivity contribution in [3.63, 3.8) is 0 Å². The second-order valence-electron chi connectivity index (χ2n) is 5.10. The van der Waals surface area contributed by atoms with Crippen LogP contribution < -0.4 is 10.1 Å². The SMILES string of the molecule is CCOc1ccccc1C(=O)NCc1nc(-c2ccccc2F)no1. The summed E-state index contributed by atoms with van der Waals surface area (Å²) in [6.07, 6.45) is 0. The predicted molar refractivity (Wildman–Crippen MR) is 88.5 cm³/mol. The summed E-state index contributed by atoms with van der Waals surface area (Å²) < 4.78 is 24.2. The number of rotatable bonds is 6. The minimum absolute atomic E-state index is 0.0285. The van der Waals surface area contributed by atoms with E-state index in [2.05, 4.69) is 15.5 Å². The van der Waals surface area contributed by atoms with Crippen molar-refractivity contribution in [3.8, 4) is 17.1 Å². The van der Waals surface area contributed by atoms with Crippen LogP contribution in [0.4, 0.5) is 4.39 Å². The first-order valence-electron chi connectivity index (χ1n) is 7.76. The summed E-state index contributed by atoms with van der Waals surface area (Å²) in [7, 11) is 0. The number of carbonyl (C=O) groups excluding carboxylic acids is 1. The molecular weight excluding hydrogens is 325 g/mol. The second kappa shape index (κ2) is 7.57. The number of hydrogen-bond acceptors (Lipinski definition) is 5. The minimum atomic E-state index is -0.440. The van der Waals surface area contributed by atoms with Crippen molar-refractivity contribution in [3.05, 3.63) is 65.8 Å². The topological polar surface area (TPSA) is 77.2 Å². The molecule has 0 radical (unpaired) electrons. The quantitative estimate of drug-likeness (QED) is 0.745. The highest BCUT2D eigenvalue weighted by molar-refractivity contribution is 5.96. The second-order valence-corrected chi connectivity index (χ2v) is 5.10. The van der Waals surface area contributed by atoms with E-state index in [-0.39, 0.29) is 29.7 Å². The molecule has 0 unspecified atom stereocenters. The molecule has 1 amide bonds. The molecule has 0 bridgehead atoms. The number of ether oxygens (including phenoxy) is 1. The number of para-hydroxylation sites is 1. The Morgan fingerprint density at radius 3 is 2.76 bits per heavy atom. The summed E-state index contributed by atoms with van der Waals surface area (Å²) in [6.45, 7) is 2.33. The van der Waals surface area contributed by atoms with Gasteiger partial charge in [-0.2, -0.15) is 4.98 Å². The molecule has 0 fully saturated rings. The lowest BCUT2D eigenvalue weighted by molar-refractivity contribution is 0.0942. The Hall–Kier alpha value is -3.22. The first kappa shape index (κ1) is 16.6. The van der Waals surface area contributed by atoms with Gasteiger partial charge in [-0.05, 0) is 31.2 Å². The van der Waals surface area contributed by atoms with Gasteiger partial charge in [-0.15, -0.1) is 0 Å². The van der Waals surface area contributed by atoms with Gasteiger partial charge in [-0.25, -0.2) is 4.39 Å². The molecule has 3 aromatic rings. The lowest BCUT2D eigenvalue weighted by atomic mass is 10.2. The van der Waals surface area contributed by atoms with Gasteiger partial charge in [-0.3, -0.25) is 4.79 Å². The molecule has 0 aliphatic rings. The van der Waals surface area contributed by atoms with Gasteiger partial charge in [0.1, 0.15) is 11.6 Å². The molecule has 128 valence electrons. The third-order valence-corrected chi connectivity index (χ3v) is 3.41. The van der Waals surface area contributed by atoms with Crippen LogP contribution >= 0.6 is 0 Å². The molecule has 3 rings (SSSR count). The minimum Gasteiger partial charge on any atom is -0.493 e. The summed E-state index contributed by atoms with van der Waals surface area (Å²) >= 11 is 0. The summed E-state index contributed by atoms with van der Waals surface area (Å²) in [6, 6.07) is 13.1. The van der Waals surface area contributed by atoms with Crippen molar-refractivity contribution in [2.24, 2.45) is 0 Å². The smallest absolute Gasteiger partial charge is 0.255 e. The summed E-state index contributed by atoms with van der Waals surface area (Å²) in [5.41, 5.74) is 0.656. The van der Waals surface area contributed by atoms with Crippen LogP contribution in [0.2, 0.25) is 0 Å². The van der Waals surface area contributed by atoms with E-state index < -0.39 is 5.82 Å². The highest BCUT2D eigenvalue weighted by Crippen LogP contribution is 2.20. The molecule has 0 aliphatic heterocycles. The van der Waals surface area contributed by atoms with Gasteiger partial charge in [0.05, 0.1) is 24.3 Å². The van der Waals surface area contributed by atoms with E-state index in [9.17, 15) is 9.18 Å². The Labute approximate surface area is 143 Å². The number of nitrogens with one attached hydrogen (secondary N) is 1. The normalized spacial score (nSPS) is 10.5. The maximum Gasteiger partial charge on any atom is 0.255 e. The summed E-state index contributed by atoms with van der Waals surface area (Å²) in [5, 5.41) is 6.43. The van der Waals surface area contributed by atoms with E-state index in [0.717, 1.165) is 0 Å². The third kappa shape index (κ3) is 3.82. The average molecular weight is 341 g/mol. The van der Waals surface area contributed by atoms with E-state index in [1.165, 1.54) is 6.07 Å². The fourth-order valence-corrected chi connectivity index (χ4v) is 2.27. The largest absolute Gasteiger partial charge is 0.493 e. The van der Waals surface area contributed by atoms with Gasteiger partial charge < -0.3 is 14.6 Å². The molecule has 1 heterocycles. The maximum absolute atomic E-state index is 13.7. The molecule has 0 aliphatic carbocycles. The van der Waals surface area contributed by atoms with Crippen LogP contribution in [0.3, 0.4) is 0 Å². The van der Waals surface area contributed by atoms with Gasteiger partial charge in [0, 0.05) is 0 Å². The fourth-order valence-electron chi connectivity index (χ4n) is 2.27. The molecule has 2 aromatic carbocycles. The average Bonchev–Trinajstić information content (AvgIpc) is 3.09. The highest BCUT2D eigenvalue weighted by atomic mass is 19.1. The number of benzene rings is 2. The summed E-state index contributed by atoms with van der Waals surface area (Å²) in [5.74, 6) is 0.0526. The maximum atomic E-state index is 13.7. The zero-order valence-electron chi connectivity index (χ0n) is 13.5. The molecule has 0 saturated carbocycles. The van der Waals surface area contributed by atoms with Crippen molar-refractivity contribution in [2.75, 3.05) is 6.61 Å². The fraction of sp³-hybridized carbons (Fsp3) is 0.167. The van der Waals surface area contributed by atoms with Gasteiger partial charge in [0.2, 0.25) is 11.7 Å². The number of aromatic nitrogens is 2. The molecular formula is C18H16FN3O3. The van der Waals surface area contributed by atoms with Crippen molar-refractivity contribution in [1.29, 1.82) is 0 Å². The Balaban J connectivity index is 1.69. The van der Waals surface area contributed by atoms with E-state index in [1.807, 2.05) is 6.92 Å². The van der Waals surface area contributed by atoms with Crippen LogP contribution in [-0.4, -0.2) is 22.7 Å². The molecule has 0 atom stereocenters. The van der Waals surface area contributed by atoms with Crippen LogP contribution in [0.25, 0.3) is 11.4 Å². The third-order valence-electron chi connectivity index (χ3n) is 3.41. The van der Waals surface area contributed by atoms with Crippen LogP contribution in [0, 0.1) is 5.82 Å². The van der Waals surface area contributed by atoms with Gasteiger partial charge in [0.15, 0.2) is 0 Å². The van der Waals surface area contributed by atoms with Crippen LogP contribution in [-0.2, 0) is 6.54 Å². The zero-order valence-corrected chi connectivity index (χ0v) is 13.5. The zero-order chi connectivity index (χ0) is 17.6. The predicted octanol–water partition coefficient (Wildman–Crippen LogP) is 3.20. The van der Waals surface area contributed by atoms with Gasteiger partial charge >= 0.3 is 0 Å². The van der Waals surface area contributed by atoms with Gasteiger partial charge in [-0.1, -0.05) is 29.4 Å².